The molecule has 0 unspecified atom stereocenters. The lowest BCUT2D eigenvalue weighted by atomic mass is 9.86. The number of H-pyrrole nitrogens is 1. The molecule has 0 spiro atoms. The Bertz CT molecular complexity index is 986. The van der Waals surface area contributed by atoms with Gasteiger partial charge in [-0.2, -0.15) is 5.10 Å². The van der Waals surface area contributed by atoms with Gasteiger partial charge in [0.15, 0.2) is 11.5 Å². The predicted octanol–water partition coefficient (Wildman–Crippen LogP) is 4.12. The molecule has 4 rings (SSSR count). The number of fused-ring (bicyclic) bond motifs is 1. The third-order valence-corrected chi connectivity index (χ3v) is 4.81. The number of benzene rings is 2. The zero-order chi connectivity index (χ0) is 18.8. The molecule has 0 bridgehead atoms. The highest BCUT2D eigenvalue weighted by atomic mass is 35.5. The van der Waals surface area contributed by atoms with E-state index in [0.29, 0.717) is 35.4 Å². The smallest absolute Gasteiger partial charge is 0.226 e. The highest BCUT2D eigenvalue weighted by molar-refractivity contribution is 6.30. The molecule has 0 aliphatic carbocycles. The van der Waals surface area contributed by atoms with Gasteiger partial charge in [0.25, 0.3) is 0 Å². The Morgan fingerprint density at radius 2 is 2.07 bits per heavy atom. The molecule has 2 N–H and O–H groups in total. The number of hydrogen-bond donors (Lipinski definition) is 2. The van der Waals surface area contributed by atoms with Gasteiger partial charge in [0.1, 0.15) is 12.4 Å². The summed E-state index contributed by atoms with van der Waals surface area (Å²) in [6.07, 6.45) is 2.05. The Morgan fingerprint density at radius 1 is 1.22 bits per heavy atom. The zero-order valence-electron chi connectivity index (χ0n) is 14.7. The van der Waals surface area contributed by atoms with Crippen molar-refractivity contribution in [2.24, 2.45) is 0 Å². The fourth-order valence-electron chi connectivity index (χ4n) is 3.33. The van der Waals surface area contributed by atoms with E-state index in [4.69, 9.17) is 21.1 Å². The largest absolute Gasteiger partial charge is 0.493 e. The van der Waals surface area contributed by atoms with Crippen LogP contribution < -0.4 is 14.8 Å². The number of para-hydroxylation sites is 1. The van der Waals surface area contributed by atoms with E-state index in [1.54, 1.807) is 13.3 Å². The van der Waals surface area contributed by atoms with Crippen LogP contribution in [0.1, 0.15) is 29.0 Å². The second-order valence-corrected chi connectivity index (χ2v) is 6.74. The van der Waals surface area contributed by atoms with E-state index in [1.807, 2.05) is 42.5 Å². The molecule has 3 aromatic rings. The molecule has 1 aliphatic heterocycles. The van der Waals surface area contributed by atoms with Gasteiger partial charge in [-0.3, -0.25) is 9.89 Å². The molecule has 0 saturated heterocycles. The molecule has 27 heavy (non-hydrogen) atoms. The lowest BCUT2D eigenvalue weighted by Crippen LogP contribution is -2.23. The number of nitrogens with zero attached hydrogens (tertiary/aromatic N) is 1. The summed E-state index contributed by atoms with van der Waals surface area (Å²) in [5.41, 5.74) is 2.76. The van der Waals surface area contributed by atoms with Crippen LogP contribution in [0.2, 0.25) is 5.02 Å². The molecule has 1 atom stereocenters. The van der Waals surface area contributed by atoms with E-state index in [0.717, 1.165) is 16.7 Å². The first-order valence-corrected chi connectivity index (χ1v) is 8.90. The summed E-state index contributed by atoms with van der Waals surface area (Å²) < 4.78 is 11.6. The van der Waals surface area contributed by atoms with Gasteiger partial charge in [-0.15, -0.1) is 0 Å². The SMILES string of the molecule is COc1cccc([C@@H]2CC(=O)Nc3[nH]ncc32)c1OCc1cccc(Cl)c1. The summed E-state index contributed by atoms with van der Waals surface area (Å²) in [7, 11) is 1.60. The van der Waals surface area contributed by atoms with Gasteiger partial charge in [0, 0.05) is 28.5 Å². The first-order chi connectivity index (χ1) is 13.2. The predicted molar refractivity (Wildman–Crippen MR) is 102 cm³/mol. The number of rotatable bonds is 5. The van der Waals surface area contributed by atoms with Gasteiger partial charge in [0.05, 0.1) is 13.3 Å². The number of hydrogen-bond acceptors (Lipinski definition) is 4. The minimum atomic E-state index is -0.169. The van der Waals surface area contributed by atoms with Crippen molar-refractivity contribution in [3.05, 3.63) is 70.4 Å². The van der Waals surface area contributed by atoms with Crippen LogP contribution in [0, 0.1) is 0 Å². The number of aromatic amines is 1. The maximum absolute atomic E-state index is 12.1. The summed E-state index contributed by atoms with van der Waals surface area (Å²) in [6, 6.07) is 13.2. The van der Waals surface area contributed by atoms with Crippen molar-refractivity contribution < 1.29 is 14.3 Å². The molecule has 2 heterocycles. The quantitative estimate of drug-likeness (QED) is 0.694. The first-order valence-electron chi connectivity index (χ1n) is 8.53. The van der Waals surface area contributed by atoms with Gasteiger partial charge in [-0.25, -0.2) is 0 Å². The third-order valence-electron chi connectivity index (χ3n) is 4.57. The summed E-state index contributed by atoms with van der Waals surface area (Å²) in [5.74, 6) is 1.62. The van der Waals surface area contributed by atoms with Crippen molar-refractivity contribution in [2.45, 2.75) is 18.9 Å². The average Bonchev–Trinajstić information content (AvgIpc) is 3.13. The van der Waals surface area contributed by atoms with Crippen LogP contribution in [0.15, 0.2) is 48.7 Å². The van der Waals surface area contributed by atoms with Crippen LogP contribution in [0.3, 0.4) is 0 Å². The summed E-state index contributed by atoms with van der Waals surface area (Å²) in [5, 5.41) is 10.4. The maximum atomic E-state index is 12.1. The topological polar surface area (TPSA) is 76.2 Å². The van der Waals surface area contributed by atoms with E-state index in [2.05, 4.69) is 15.5 Å². The standard InChI is InChI=1S/C20H18ClN3O3/c1-26-17-7-3-6-14(15-9-18(25)23-20-16(15)10-22-24-20)19(17)27-11-12-4-2-5-13(21)8-12/h2-8,10,15H,9,11H2,1H3,(H2,22,23,24,25)/t15-/m0/s1. The van der Waals surface area contributed by atoms with Crippen molar-refractivity contribution in [2.75, 3.05) is 12.4 Å². The Labute approximate surface area is 161 Å². The lowest BCUT2D eigenvalue weighted by molar-refractivity contribution is -0.116. The van der Waals surface area contributed by atoms with Gasteiger partial charge in [-0.05, 0) is 23.8 Å². The fraction of sp³-hybridized carbons (Fsp3) is 0.200. The van der Waals surface area contributed by atoms with Crippen LogP contribution in [-0.4, -0.2) is 23.2 Å². The lowest BCUT2D eigenvalue weighted by Gasteiger charge is -2.25. The number of carbonyl (C=O) groups is 1. The number of nitrogens with one attached hydrogen (secondary N) is 2. The molecule has 1 aromatic heterocycles. The highest BCUT2D eigenvalue weighted by Gasteiger charge is 2.31. The van der Waals surface area contributed by atoms with E-state index in [9.17, 15) is 4.79 Å². The Morgan fingerprint density at radius 3 is 2.89 bits per heavy atom. The monoisotopic (exact) mass is 383 g/mol. The molecular formula is C20H18ClN3O3. The number of ether oxygens (including phenoxy) is 2. The summed E-state index contributed by atoms with van der Waals surface area (Å²) in [6.45, 7) is 0.338. The number of anilines is 1. The molecule has 0 saturated carbocycles. The molecule has 1 amide bonds. The van der Waals surface area contributed by atoms with E-state index < -0.39 is 0 Å². The van der Waals surface area contributed by atoms with Crippen LogP contribution in [0.4, 0.5) is 5.82 Å². The maximum Gasteiger partial charge on any atom is 0.226 e. The van der Waals surface area contributed by atoms with E-state index in [1.165, 1.54) is 0 Å². The number of carbonyl (C=O) groups excluding carboxylic acids is 1. The third kappa shape index (κ3) is 3.48. The number of halogens is 1. The minimum absolute atomic E-state index is 0.0691. The summed E-state index contributed by atoms with van der Waals surface area (Å²) >= 11 is 6.06. The van der Waals surface area contributed by atoms with Crippen LogP contribution in [0.5, 0.6) is 11.5 Å². The second-order valence-electron chi connectivity index (χ2n) is 6.30. The Balaban J connectivity index is 1.71. The zero-order valence-corrected chi connectivity index (χ0v) is 15.4. The van der Waals surface area contributed by atoms with E-state index in [-0.39, 0.29) is 11.8 Å². The molecule has 6 nitrogen and oxygen atoms in total. The first kappa shape index (κ1) is 17.4. The molecule has 0 fully saturated rings. The Hall–Kier alpha value is -2.99. The van der Waals surface area contributed by atoms with Crippen molar-refractivity contribution in [1.82, 2.24) is 10.2 Å². The van der Waals surface area contributed by atoms with Crippen molar-refractivity contribution >= 4 is 23.3 Å². The number of methoxy groups -OCH3 is 1. The molecule has 2 aromatic carbocycles. The van der Waals surface area contributed by atoms with Gasteiger partial charge in [0.2, 0.25) is 5.91 Å². The number of amides is 1. The Kier molecular flexibility index (Phi) is 4.73. The van der Waals surface area contributed by atoms with Crippen LogP contribution in [0.25, 0.3) is 0 Å². The molecular weight excluding hydrogens is 366 g/mol. The molecule has 0 radical (unpaired) electrons. The molecule has 138 valence electrons. The van der Waals surface area contributed by atoms with E-state index >= 15 is 0 Å². The average molecular weight is 384 g/mol. The second kappa shape index (κ2) is 7.32. The van der Waals surface area contributed by atoms with Gasteiger partial charge < -0.3 is 14.8 Å². The fourth-order valence-corrected chi connectivity index (χ4v) is 3.54. The number of aromatic nitrogens is 2. The minimum Gasteiger partial charge on any atom is -0.493 e. The summed E-state index contributed by atoms with van der Waals surface area (Å²) in [4.78, 5) is 12.1. The molecule has 1 aliphatic rings. The van der Waals surface area contributed by atoms with Crippen molar-refractivity contribution in [1.29, 1.82) is 0 Å². The van der Waals surface area contributed by atoms with Crippen molar-refractivity contribution in [3.8, 4) is 11.5 Å². The highest BCUT2D eigenvalue weighted by Crippen LogP contribution is 2.43. The molecule has 7 heteroatoms. The van der Waals surface area contributed by atoms with Crippen LogP contribution >= 0.6 is 11.6 Å². The van der Waals surface area contributed by atoms with Gasteiger partial charge in [-0.1, -0.05) is 35.9 Å². The van der Waals surface area contributed by atoms with Crippen LogP contribution in [-0.2, 0) is 11.4 Å². The normalized spacial score (nSPS) is 15.8. The van der Waals surface area contributed by atoms with Gasteiger partial charge >= 0.3 is 0 Å². The van der Waals surface area contributed by atoms with Crippen molar-refractivity contribution in [3.63, 3.8) is 0 Å².